The van der Waals surface area contributed by atoms with Gasteiger partial charge in [-0.2, -0.15) is 0 Å². The van der Waals surface area contributed by atoms with Gasteiger partial charge < -0.3 is 10.0 Å². The van der Waals surface area contributed by atoms with E-state index in [1.165, 1.54) is 12.1 Å². The summed E-state index contributed by atoms with van der Waals surface area (Å²) >= 11 is 0. The van der Waals surface area contributed by atoms with Crippen LogP contribution >= 0.6 is 0 Å². The maximum atomic E-state index is 9.76. The van der Waals surface area contributed by atoms with Crippen LogP contribution in [0.15, 0.2) is 18.3 Å². The molecular weight excluding hydrogens is 236 g/mol. The molecule has 0 spiro atoms. The Kier molecular flexibility index (Phi) is 4.14. The Morgan fingerprint density at radius 1 is 1.42 bits per heavy atom. The lowest BCUT2D eigenvalue weighted by Crippen LogP contribution is -2.25. The zero-order valence-corrected chi connectivity index (χ0v) is 12.6. The number of hydrogen-bond acceptors (Lipinski definition) is 3. The van der Waals surface area contributed by atoms with Crippen molar-refractivity contribution in [3.63, 3.8) is 0 Å². The largest absolute Gasteiger partial charge is 0.387 e. The highest BCUT2D eigenvalue weighted by Gasteiger charge is 2.31. The third-order valence-corrected chi connectivity index (χ3v) is 4.28. The van der Waals surface area contributed by atoms with Gasteiger partial charge in [-0.3, -0.25) is 4.98 Å². The summed E-state index contributed by atoms with van der Waals surface area (Å²) < 4.78 is 0. The SMILES string of the molecule is CC[C@@H](O)c1ccc(N2CCC(C(C)(C)C)C2)cn1. The van der Waals surface area contributed by atoms with Gasteiger partial charge in [0, 0.05) is 13.1 Å². The van der Waals surface area contributed by atoms with Crippen molar-refractivity contribution >= 4 is 5.69 Å². The van der Waals surface area contributed by atoms with Gasteiger partial charge in [0.25, 0.3) is 0 Å². The number of anilines is 1. The van der Waals surface area contributed by atoms with Gasteiger partial charge >= 0.3 is 0 Å². The second kappa shape index (κ2) is 5.49. The molecule has 1 N–H and O–H groups in total. The Hall–Kier alpha value is -1.09. The third-order valence-electron chi connectivity index (χ3n) is 4.28. The standard InChI is InChI=1S/C16H26N2O/c1-5-15(19)14-7-6-13(10-17-14)18-9-8-12(11-18)16(2,3)4/h6-7,10,12,15,19H,5,8-9,11H2,1-4H3/t12?,15-/m1/s1. The maximum Gasteiger partial charge on any atom is 0.0957 e. The van der Waals surface area contributed by atoms with E-state index >= 15 is 0 Å². The highest BCUT2D eigenvalue weighted by atomic mass is 16.3. The summed E-state index contributed by atoms with van der Waals surface area (Å²) in [5.74, 6) is 0.744. The molecule has 1 aromatic heterocycles. The summed E-state index contributed by atoms with van der Waals surface area (Å²) in [4.78, 5) is 6.80. The van der Waals surface area contributed by atoms with Gasteiger partial charge in [-0.25, -0.2) is 0 Å². The zero-order chi connectivity index (χ0) is 14.0. The molecule has 1 saturated heterocycles. The van der Waals surface area contributed by atoms with Gasteiger partial charge in [-0.1, -0.05) is 27.7 Å². The lowest BCUT2D eigenvalue weighted by Gasteiger charge is -2.27. The Morgan fingerprint density at radius 3 is 2.63 bits per heavy atom. The van der Waals surface area contributed by atoms with Crippen molar-refractivity contribution in [1.82, 2.24) is 4.98 Å². The first kappa shape index (κ1) is 14.3. The first-order chi connectivity index (χ1) is 8.91. The molecule has 2 atom stereocenters. The van der Waals surface area contributed by atoms with Crippen LogP contribution in [0.2, 0.25) is 0 Å². The van der Waals surface area contributed by atoms with Gasteiger partial charge in [-0.05, 0) is 36.3 Å². The summed E-state index contributed by atoms with van der Waals surface area (Å²) in [6.45, 7) is 11.1. The number of nitrogens with zero attached hydrogens (tertiary/aromatic N) is 2. The molecular formula is C16H26N2O. The maximum absolute atomic E-state index is 9.76. The highest BCUT2D eigenvalue weighted by Crippen LogP contribution is 2.35. The predicted octanol–water partition coefficient (Wildman–Crippen LogP) is 3.40. The number of pyridine rings is 1. The number of hydrogen-bond donors (Lipinski definition) is 1. The molecule has 0 aromatic carbocycles. The van der Waals surface area contributed by atoms with E-state index in [0.29, 0.717) is 11.8 Å². The smallest absolute Gasteiger partial charge is 0.0957 e. The quantitative estimate of drug-likeness (QED) is 0.907. The molecule has 0 bridgehead atoms. The van der Waals surface area contributed by atoms with Crippen LogP contribution in [0.3, 0.4) is 0 Å². The summed E-state index contributed by atoms with van der Waals surface area (Å²) in [5, 5.41) is 9.76. The minimum atomic E-state index is -0.435. The van der Waals surface area contributed by atoms with Gasteiger partial charge in [0.2, 0.25) is 0 Å². The minimum Gasteiger partial charge on any atom is -0.387 e. The van der Waals surface area contributed by atoms with E-state index in [9.17, 15) is 5.11 Å². The number of aliphatic hydroxyl groups is 1. The molecule has 1 aliphatic rings. The molecule has 2 heterocycles. The molecule has 1 aromatic rings. The van der Waals surface area contributed by atoms with E-state index < -0.39 is 6.10 Å². The van der Waals surface area contributed by atoms with Crippen molar-refractivity contribution in [3.8, 4) is 0 Å². The van der Waals surface area contributed by atoms with Crippen LogP contribution in [0, 0.1) is 11.3 Å². The predicted molar refractivity (Wildman–Crippen MR) is 79.3 cm³/mol. The summed E-state index contributed by atoms with van der Waals surface area (Å²) in [7, 11) is 0. The molecule has 3 heteroatoms. The molecule has 0 radical (unpaired) electrons. The van der Waals surface area contributed by atoms with Gasteiger partial charge in [0.15, 0.2) is 0 Å². The van der Waals surface area contributed by atoms with Crippen molar-refractivity contribution in [2.75, 3.05) is 18.0 Å². The average molecular weight is 262 g/mol. The Morgan fingerprint density at radius 2 is 2.16 bits per heavy atom. The molecule has 1 aliphatic heterocycles. The summed E-state index contributed by atoms with van der Waals surface area (Å²) in [6, 6.07) is 4.04. The van der Waals surface area contributed by atoms with Crippen molar-refractivity contribution in [1.29, 1.82) is 0 Å². The Balaban J connectivity index is 2.04. The lowest BCUT2D eigenvalue weighted by atomic mass is 9.80. The molecule has 0 saturated carbocycles. The summed E-state index contributed by atoms with van der Waals surface area (Å²) in [5.41, 5.74) is 2.33. The van der Waals surface area contributed by atoms with E-state index in [-0.39, 0.29) is 0 Å². The van der Waals surface area contributed by atoms with Crippen LogP contribution in [0.4, 0.5) is 5.69 Å². The first-order valence-electron chi connectivity index (χ1n) is 7.30. The fourth-order valence-electron chi connectivity index (χ4n) is 2.69. The molecule has 1 unspecified atom stereocenters. The number of aliphatic hydroxyl groups excluding tert-OH is 1. The lowest BCUT2D eigenvalue weighted by molar-refractivity contribution is 0.169. The number of rotatable bonds is 3. The summed E-state index contributed by atoms with van der Waals surface area (Å²) in [6.07, 6.45) is 3.43. The number of aromatic nitrogens is 1. The topological polar surface area (TPSA) is 36.4 Å². The average Bonchev–Trinajstić information content (AvgIpc) is 2.87. The second-order valence-electron chi connectivity index (χ2n) is 6.66. The van der Waals surface area contributed by atoms with E-state index in [1.807, 2.05) is 19.2 Å². The van der Waals surface area contributed by atoms with Crippen LogP contribution in [0.5, 0.6) is 0 Å². The van der Waals surface area contributed by atoms with E-state index in [4.69, 9.17) is 0 Å². The molecule has 19 heavy (non-hydrogen) atoms. The molecule has 2 rings (SSSR count). The van der Waals surface area contributed by atoms with Crippen LogP contribution in [-0.4, -0.2) is 23.2 Å². The molecule has 1 fully saturated rings. The molecule has 3 nitrogen and oxygen atoms in total. The highest BCUT2D eigenvalue weighted by molar-refractivity contribution is 5.45. The van der Waals surface area contributed by atoms with E-state index in [0.717, 1.165) is 24.7 Å². The minimum absolute atomic E-state index is 0.376. The molecule has 0 amide bonds. The van der Waals surface area contributed by atoms with Crippen LogP contribution < -0.4 is 4.90 Å². The Bertz CT molecular complexity index is 408. The normalized spacial score (nSPS) is 21.7. The fourth-order valence-corrected chi connectivity index (χ4v) is 2.69. The van der Waals surface area contributed by atoms with Crippen molar-refractivity contribution in [2.45, 2.75) is 46.6 Å². The third kappa shape index (κ3) is 3.27. The van der Waals surface area contributed by atoms with Crippen LogP contribution in [0.1, 0.15) is 52.3 Å². The van der Waals surface area contributed by atoms with E-state index in [1.54, 1.807) is 0 Å². The fraction of sp³-hybridized carbons (Fsp3) is 0.688. The van der Waals surface area contributed by atoms with Crippen LogP contribution in [-0.2, 0) is 0 Å². The molecule has 106 valence electrons. The van der Waals surface area contributed by atoms with Crippen molar-refractivity contribution in [3.05, 3.63) is 24.0 Å². The van der Waals surface area contributed by atoms with Crippen molar-refractivity contribution < 1.29 is 5.11 Å². The molecule has 0 aliphatic carbocycles. The zero-order valence-electron chi connectivity index (χ0n) is 12.6. The van der Waals surface area contributed by atoms with Crippen molar-refractivity contribution in [2.24, 2.45) is 11.3 Å². The monoisotopic (exact) mass is 262 g/mol. The second-order valence-corrected chi connectivity index (χ2v) is 6.66. The first-order valence-corrected chi connectivity index (χ1v) is 7.30. The van der Waals surface area contributed by atoms with Gasteiger partial charge in [-0.15, -0.1) is 0 Å². The van der Waals surface area contributed by atoms with E-state index in [2.05, 4.69) is 36.7 Å². The van der Waals surface area contributed by atoms with Gasteiger partial charge in [0.1, 0.15) is 0 Å². The Labute approximate surface area is 116 Å². The van der Waals surface area contributed by atoms with Crippen LogP contribution in [0.25, 0.3) is 0 Å². The van der Waals surface area contributed by atoms with Gasteiger partial charge in [0.05, 0.1) is 23.7 Å².